The molecule has 8 heteroatoms. The largest absolute Gasteiger partial charge is 0.493 e. The number of aliphatic imine (C=N–C) groups is 1. The first-order valence-corrected chi connectivity index (χ1v) is 13.1. The summed E-state index contributed by atoms with van der Waals surface area (Å²) < 4.78 is 13.0. The second kappa shape index (κ2) is 12.1. The van der Waals surface area contributed by atoms with Crippen molar-refractivity contribution in [1.82, 2.24) is 10.4 Å². The second-order valence-electron chi connectivity index (χ2n) is 8.06. The van der Waals surface area contributed by atoms with Crippen LogP contribution < -0.4 is 14.9 Å². The van der Waals surface area contributed by atoms with E-state index in [1.807, 2.05) is 73.7 Å². The van der Waals surface area contributed by atoms with Gasteiger partial charge in [-0.15, -0.1) is 0 Å². The standard InChI is InChI=1S/C28H26Br2N4O2/c1-4-13-36-25-12-9-19(16-26(25)35-3)17-31-34-28(33-27-21(29)14-18(2)15-22(27)30)24-11-10-20-7-5-6-8-23(20)32-24/h5-12,14-17H,4,13H2,1-3H3,(H,33,34). The van der Waals surface area contributed by atoms with Crippen LogP contribution in [0.15, 0.2) is 85.8 Å². The van der Waals surface area contributed by atoms with E-state index in [1.54, 1.807) is 13.3 Å². The topological polar surface area (TPSA) is 68.1 Å². The fourth-order valence-electron chi connectivity index (χ4n) is 3.51. The molecule has 3 aromatic carbocycles. The highest BCUT2D eigenvalue weighted by molar-refractivity contribution is 9.11. The van der Waals surface area contributed by atoms with Crippen LogP contribution in [0.1, 0.15) is 30.2 Å². The van der Waals surface area contributed by atoms with Gasteiger partial charge in [0, 0.05) is 14.3 Å². The van der Waals surface area contributed by atoms with Gasteiger partial charge in [0.05, 0.1) is 31.1 Å². The van der Waals surface area contributed by atoms with Crippen molar-refractivity contribution in [2.24, 2.45) is 10.1 Å². The van der Waals surface area contributed by atoms with E-state index in [-0.39, 0.29) is 0 Å². The number of aryl methyl sites for hydroxylation is 1. The zero-order valence-electron chi connectivity index (χ0n) is 20.3. The molecule has 0 amide bonds. The number of rotatable bonds is 8. The first-order valence-electron chi connectivity index (χ1n) is 11.5. The van der Waals surface area contributed by atoms with Gasteiger partial charge >= 0.3 is 0 Å². The van der Waals surface area contributed by atoms with Crippen LogP contribution >= 0.6 is 31.9 Å². The number of ether oxygens (including phenoxy) is 2. The highest BCUT2D eigenvalue weighted by Gasteiger charge is 2.11. The second-order valence-corrected chi connectivity index (χ2v) is 9.76. The van der Waals surface area contributed by atoms with Crippen molar-refractivity contribution < 1.29 is 9.47 Å². The molecule has 184 valence electrons. The Morgan fingerprint density at radius 2 is 1.78 bits per heavy atom. The van der Waals surface area contributed by atoms with E-state index in [0.29, 0.717) is 29.6 Å². The Morgan fingerprint density at radius 3 is 2.53 bits per heavy atom. The zero-order valence-corrected chi connectivity index (χ0v) is 23.4. The third-order valence-corrected chi connectivity index (χ3v) is 6.47. The number of hydrazone groups is 1. The summed E-state index contributed by atoms with van der Waals surface area (Å²) in [5, 5.41) is 5.52. The smallest absolute Gasteiger partial charge is 0.173 e. The number of pyridine rings is 1. The van der Waals surface area contributed by atoms with Crippen LogP contribution in [-0.4, -0.2) is 30.8 Å². The fraction of sp³-hybridized carbons (Fsp3) is 0.179. The summed E-state index contributed by atoms with van der Waals surface area (Å²) in [6, 6.07) is 21.7. The van der Waals surface area contributed by atoms with Crippen molar-refractivity contribution in [1.29, 1.82) is 0 Å². The van der Waals surface area contributed by atoms with Crippen molar-refractivity contribution in [2.75, 3.05) is 13.7 Å². The summed E-state index contributed by atoms with van der Waals surface area (Å²) in [5.41, 5.74) is 7.36. The van der Waals surface area contributed by atoms with Crippen molar-refractivity contribution in [2.45, 2.75) is 20.3 Å². The van der Waals surface area contributed by atoms with Crippen LogP contribution in [0.3, 0.4) is 0 Å². The van der Waals surface area contributed by atoms with Gasteiger partial charge in [-0.2, -0.15) is 5.10 Å². The molecular formula is C28H26Br2N4O2. The first kappa shape index (κ1) is 25.9. The minimum atomic E-state index is 0.511. The molecule has 4 aromatic rings. The summed E-state index contributed by atoms with van der Waals surface area (Å²) in [6.45, 7) is 4.73. The SMILES string of the molecule is CCCOc1ccc(C=NNC(=Nc2c(Br)cc(C)cc2Br)c2ccc3ccccc3n2)cc1OC. The number of hydrogen-bond donors (Lipinski definition) is 1. The Kier molecular flexibility index (Phi) is 8.72. The molecule has 36 heavy (non-hydrogen) atoms. The van der Waals surface area contributed by atoms with Crippen molar-refractivity contribution in [3.63, 3.8) is 0 Å². The molecule has 0 aliphatic carbocycles. The van der Waals surface area contributed by atoms with Gasteiger partial charge in [-0.25, -0.2) is 9.98 Å². The van der Waals surface area contributed by atoms with Crippen LogP contribution in [0, 0.1) is 6.92 Å². The summed E-state index contributed by atoms with van der Waals surface area (Å²) >= 11 is 7.27. The summed E-state index contributed by atoms with van der Waals surface area (Å²) in [6.07, 6.45) is 2.64. The average molecular weight is 610 g/mol. The van der Waals surface area contributed by atoms with E-state index >= 15 is 0 Å². The average Bonchev–Trinajstić information content (AvgIpc) is 2.88. The van der Waals surface area contributed by atoms with Gasteiger partial charge in [0.1, 0.15) is 5.69 Å². The third-order valence-electron chi connectivity index (χ3n) is 5.26. The Hall–Kier alpha value is -3.23. The number of nitrogens with one attached hydrogen (secondary N) is 1. The van der Waals surface area contributed by atoms with Gasteiger partial charge in [0.15, 0.2) is 17.3 Å². The Morgan fingerprint density at radius 1 is 1.00 bits per heavy atom. The Labute approximate surface area is 227 Å². The Balaban J connectivity index is 1.68. The lowest BCUT2D eigenvalue weighted by Gasteiger charge is -2.11. The molecule has 6 nitrogen and oxygen atoms in total. The molecule has 1 heterocycles. The first-order chi connectivity index (χ1) is 17.5. The summed E-state index contributed by atoms with van der Waals surface area (Å²) in [4.78, 5) is 9.69. The molecule has 0 radical (unpaired) electrons. The number of aromatic nitrogens is 1. The van der Waals surface area contributed by atoms with Crippen LogP contribution in [0.25, 0.3) is 10.9 Å². The number of benzene rings is 3. The highest BCUT2D eigenvalue weighted by atomic mass is 79.9. The molecule has 0 unspecified atom stereocenters. The quantitative estimate of drug-likeness (QED) is 0.127. The molecule has 0 spiro atoms. The van der Waals surface area contributed by atoms with Gasteiger partial charge in [0.25, 0.3) is 0 Å². The summed E-state index contributed by atoms with van der Waals surface area (Å²) in [5.74, 6) is 1.88. The van der Waals surface area contributed by atoms with Crippen molar-refractivity contribution >= 4 is 60.5 Å². The minimum Gasteiger partial charge on any atom is -0.493 e. The number of amidine groups is 1. The number of fused-ring (bicyclic) bond motifs is 1. The molecule has 0 fully saturated rings. The maximum atomic E-state index is 5.74. The molecular weight excluding hydrogens is 584 g/mol. The highest BCUT2D eigenvalue weighted by Crippen LogP contribution is 2.35. The van der Waals surface area contributed by atoms with Crippen molar-refractivity contribution in [3.8, 4) is 11.5 Å². The predicted octanol–water partition coefficient (Wildman–Crippen LogP) is 7.57. The predicted molar refractivity (Wildman–Crippen MR) is 154 cm³/mol. The fourth-order valence-corrected chi connectivity index (χ4v) is 5.10. The Bertz CT molecular complexity index is 1410. The van der Waals surface area contributed by atoms with E-state index in [4.69, 9.17) is 19.5 Å². The van der Waals surface area contributed by atoms with E-state index in [0.717, 1.165) is 43.1 Å². The molecule has 0 aliphatic heterocycles. The number of nitrogens with zero attached hydrogens (tertiary/aromatic N) is 3. The lowest BCUT2D eigenvalue weighted by molar-refractivity contribution is 0.294. The monoisotopic (exact) mass is 608 g/mol. The number of hydrogen-bond acceptors (Lipinski definition) is 5. The molecule has 4 rings (SSSR count). The third kappa shape index (κ3) is 6.30. The van der Waals surface area contributed by atoms with Crippen LogP contribution in [0.4, 0.5) is 5.69 Å². The molecule has 0 aliphatic rings. The molecule has 1 N–H and O–H groups in total. The van der Waals surface area contributed by atoms with Gasteiger partial charge < -0.3 is 9.47 Å². The van der Waals surface area contributed by atoms with Crippen molar-refractivity contribution in [3.05, 3.63) is 92.5 Å². The maximum Gasteiger partial charge on any atom is 0.173 e. The normalized spacial score (nSPS) is 11.8. The molecule has 0 bridgehead atoms. The van der Waals surface area contributed by atoms with Gasteiger partial charge in [-0.3, -0.25) is 5.43 Å². The van der Waals surface area contributed by atoms with Crippen LogP contribution in [-0.2, 0) is 0 Å². The van der Waals surface area contributed by atoms with Gasteiger partial charge in [0.2, 0.25) is 0 Å². The van der Waals surface area contributed by atoms with Crippen LogP contribution in [0.5, 0.6) is 11.5 Å². The molecule has 0 saturated heterocycles. The zero-order chi connectivity index (χ0) is 25.5. The summed E-state index contributed by atoms with van der Waals surface area (Å²) in [7, 11) is 1.63. The van der Waals surface area contributed by atoms with Crippen LogP contribution in [0.2, 0.25) is 0 Å². The lowest BCUT2D eigenvalue weighted by Crippen LogP contribution is -2.20. The van der Waals surface area contributed by atoms with E-state index in [9.17, 15) is 0 Å². The maximum absolute atomic E-state index is 5.74. The number of methoxy groups -OCH3 is 1. The van der Waals surface area contributed by atoms with E-state index < -0.39 is 0 Å². The minimum absolute atomic E-state index is 0.511. The number of para-hydroxylation sites is 1. The van der Waals surface area contributed by atoms with Gasteiger partial charge in [-0.1, -0.05) is 31.2 Å². The van der Waals surface area contributed by atoms with E-state index in [2.05, 4.69) is 49.3 Å². The molecule has 0 saturated carbocycles. The lowest BCUT2D eigenvalue weighted by atomic mass is 10.2. The molecule has 0 atom stereocenters. The molecule has 1 aromatic heterocycles. The van der Waals surface area contributed by atoms with Gasteiger partial charge in [-0.05, 0) is 98.8 Å². The number of halogens is 2. The van der Waals surface area contributed by atoms with E-state index in [1.165, 1.54) is 0 Å².